The second kappa shape index (κ2) is 5.38. The quantitative estimate of drug-likeness (QED) is 0.796. The summed E-state index contributed by atoms with van der Waals surface area (Å²) in [6.45, 7) is 1.69. The van der Waals surface area contributed by atoms with Crippen molar-refractivity contribution in [1.82, 2.24) is 4.72 Å². The summed E-state index contributed by atoms with van der Waals surface area (Å²) in [7, 11) is -3.46. The summed E-state index contributed by atoms with van der Waals surface area (Å²) >= 11 is 0. The molecule has 1 aliphatic carbocycles. The van der Waals surface area contributed by atoms with Gasteiger partial charge < -0.3 is 9.84 Å². The number of hydrogen-bond donors (Lipinski definition) is 2. The Bertz CT molecular complexity index is 443. The fourth-order valence-corrected chi connectivity index (χ4v) is 4.59. The second-order valence-electron chi connectivity index (χ2n) is 5.71. The highest BCUT2D eigenvalue weighted by Gasteiger charge is 2.48. The van der Waals surface area contributed by atoms with Crippen molar-refractivity contribution in [2.75, 3.05) is 13.2 Å². The zero-order chi connectivity index (χ0) is 14.1. The van der Waals surface area contributed by atoms with Crippen molar-refractivity contribution < 1.29 is 23.1 Å². The van der Waals surface area contributed by atoms with Crippen molar-refractivity contribution in [2.24, 2.45) is 5.41 Å². The Morgan fingerprint density at radius 1 is 1.32 bits per heavy atom. The van der Waals surface area contributed by atoms with E-state index in [-0.39, 0.29) is 18.5 Å². The average molecular weight is 291 g/mol. The van der Waals surface area contributed by atoms with Gasteiger partial charge in [0.05, 0.1) is 24.5 Å². The van der Waals surface area contributed by atoms with E-state index in [9.17, 15) is 18.3 Å². The molecule has 2 aliphatic rings. The van der Waals surface area contributed by atoms with E-state index in [1.54, 1.807) is 0 Å². The molecule has 110 valence electrons. The lowest BCUT2D eigenvalue weighted by Crippen LogP contribution is -2.52. The summed E-state index contributed by atoms with van der Waals surface area (Å²) in [5.41, 5.74) is -1.18. The van der Waals surface area contributed by atoms with Crippen molar-refractivity contribution in [3.05, 3.63) is 0 Å². The monoisotopic (exact) mass is 291 g/mol. The van der Waals surface area contributed by atoms with Crippen LogP contribution in [0.5, 0.6) is 0 Å². The van der Waals surface area contributed by atoms with E-state index in [0.29, 0.717) is 12.8 Å². The molecule has 7 heteroatoms. The SMILES string of the molecule is CC1(C(=O)O)COCC1NS(=O)(=O)C1CCCCC1. The maximum Gasteiger partial charge on any atom is 0.313 e. The third-order valence-electron chi connectivity index (χ3n) is 4.24. The molecule has 2 fully saturated rings. The van der Waals surface area contributed by atoms with E-state index in [0.717, 1.165) is 19.3 Å². The molecule has 19 heavy (non-hydrogen) atoms. The van der Waals surface area contributed by atoms with Gasteiger partial charge in [-0.25, -0.2) is 13.1 Å². The molecule has 0 aromatic rings. The smallest absolute Gasteiger partial charge is 0.313 e. The van der Waals surface area contributed by atoms with Crippen molar-refractivity contribution >= 4 is 16.0 Å². The number of sulfonamides is 1. The van der Waals surface area contributed by atoms with Crippen LogP contribution in [0.15, 0.2) is 0 Å². The first-order valence-electron chi connectivity index (χ1n) is 6.68. The standard InChI is InChI=1S/C12H21NO5S/c1-12(11(14)15)8-18-7-10(12)13-19(16,17)9-5-3-2-4-6-9/h9-10,13H,2-8H2,1H3,(H,14,15). The molecule has 1 saturated carbocycles. The van der Waals surface area contributed by atoms with E-state index in [4.69, 9.17) is 4.74 Å². The molecule has 6 nitrogen and oxygen atoms in total. The number of carboxylic acids is 1. The minimum Gasteiger partial charge on any atom is -0.481 e. The summed E-state index contributed by atoms with van der Waals surface area (Å²) in [5.74, 6) is -1.03. The van der Waals surface area contributed by atoms with Gasteiger partial charge in [0.1, 0.15) is 5.41 Å². The largest absolute Gasteiger partial charge is 0.481 e. The highest BCUT2D eigenvalue weighted by molar-refractivity contribution is 7.90. The van der Waals surface area contributed by atoms with Gasteiger partial charge in [-0.2, -0.15) is 0 Å². The average Bonchev–Trinajstić information content (AvgIpc) is 2.73. The number of carbonyl (C=O) groups is 1. The minimum atomic E-state index is -3.46. The van der Waals surface area contributed by atoms with Gasteiger partial charge in [0.2, 0.25) is 10.0 Å². The van der Waals surface area contributed by atoms with Crippen molar-refractivity contribution in [2.45, 2.75) is 50.3 Å². The molecule has 0 radical (unpaired) electrons. The fraction of sp³-hybridized carbons (Fsp3) is 0.917. The molecular formula is C12H21NO5S. The van der Waals surface area contributed by atoms with Gasteiger partial charge in [-0.1, -0.05) is 19.3 Å². The highest BCUT2D eigenvalue weighted by Crippen LogP contribution is 2.31. The lowest BCUT2D eigenvalue weighted by Gasteiger charge is -2.28. The lowest BCUT2D eigenvalue weighted by molar-refractivity contribution is -0.148. The molecule has 0 spiro atoms. The maximum atomic E-state index is 12.3. The van der Waals surface area contributed by atoms with Crippen LogP contribution in [-0.2, 0) is 19.6 Å². The van der Waals surface area contributed by atoms with Crippen LogP contribution in [0.2, 0.25) is 0 Å². The fourth-order valence-electron chi connectivity index (χ4n) is 2.72. The topological polar surface area (TPSA) is 92.7 Å². The van der Waals surface area contributed by atoms with Gasteiger partial charge in [-0.15, -0.1) is 0 Å². The van der Waals surface area contributed by atoms with Crippen LogP contribution in [0.1, 0.15) is 39.0 Å². The Morgan fingerprint density at radius 2 is 1.95 bits per heavy atom. The predicted molar refractivity (Wildman–Crippen MR) is 69.3 cm³/mol. The molecule has 0 amide bonds. The van der Waals surface area contributed by atoms with Crippen LogP contribution in [-0.4, -0.2) is 44.0 Å². The highest BCUT2D eigenvalue weighted by atomic mass is 32.2. The van der Waals surface area contributed by atoms with Crippen LogP contribution in [0.3, 0.4) is 0 Å². The molecule has 2 N–H and O–H groups in total. The molecular weight excluding hydrogens is 270 g/mol. The zero-order valence-corrected chi connectivity index (χ0v) is 11.9. The van der Waals surface area contributed by atoms with Gasteiger partial charge in [-0.3, -0.25) is 4.79 Å². The Labute approximate surface area is 113 Å². The van der Waals surface area contributed by atoms with Gasteiger partial charge in [0, 0.05) is 0 Å². The zero-order valence-electron chi connectivity index (χ0n) is 11.1. The first kappa shape index (κ1) is 14.7. The van der Waals surface area contributed by atoms with E-state index in [1.165, 1.54) is 6.92 Å². The van der Waals surface area contributed by atoms with E-state index < -0.39 is 27.4 Å². The van der Waals surface area contributed by atoms with Crippen LogP contribution in [0.25, 0.3) is 0 Å². The number of carboxylic acid groups (broad SMARTS) is 1. The Kier molecular flexibility index (Phi) is 4.17. The molecule has 2 unspecified atom stereocenters. The van der Waals surface area contributed by atoms with Crippen LogP contribution < -0.4 is 4.72 Å². The summed E-state index contributed by atoms with van der Waals surface area (Å²) in [5, 5.41) is 8.85. The molecule has 1 heterocycles. The number of rotatable bonds is 4. The summed E-state index contributed by atoms with van der Waals surface area (Å²) < 4.78 is 32.3. The number of ether oxygens (including phenoxy) is 1. The van der Waals surface area contributed by atoms with Crippen LogP contribution in [0.4, 0.5) is 0 Å². The van der Waals surface area contributed by atoms with Crippen LogP contribution in [0, 0.1) is 5.41 Å². The number of hydrogen-bond acceptors (Lipinski definition) is 4. The molecule has 0 aromatic carbocycles. The van der Waals surface area contributed by atoms with Gasteiger partial charge in [0.15, 0.2) is 0 Å². The van der Waals surface area contributed by atoms with Crippen molar-refractivity contribution in [3.8, 4) is 0 Å². The molecule has 2 atom stereocenters. The van der Waals surface area contributed by atoms with Crippen LogP contribution >= 0.6 is 0 Å². The van der Waals surface area contributed by atoms with Gasteiger partial charge in [-0.05, 0) is 19.8 Å². The summed E-state index contributed by atoms with van der Waals surface area (Å²) in [6, 6.07) is -0.683. The van der Waals surface area contributed by atoms with E-state index >= 15 is 0 Å². The molecule has 2 rings (SSSR count). The van der Waals surface area contributed by atoms with E-state index in [2.05, 4.69) is 4.72 Å². The van der Waals surface area contributed by atoms with Crippen molar-refractivity contribution in [1.29, 1.82) is 0 Å². The number of nitrogens with one attached hydrogen (secondary N) is 1. The predicted octanol–water partition coefficient (Wildman–Crippen LogP) is 0.728. The third-order valence-corrected chi connectivity index (χ3v) is 6.20. The maximum absolute atomic E-state index is 12.3. The number of aliphatic carboxylic acids is 1. The minimum absolute atomic E-state index is 0.0419. The Balaban J connectivity index is 2.09. The van der Waals surface area contributed by atoms with Gasteiger partial charge >= 0.3 is 5.97 Å². The molecule has 0 bridgehead atoms. The normalized spacial score (nSPS) is 33.4. The van der Waals surface area contributed by atoms with E-state index in [1.807, 2.05) is 0 Å². The first-order chi connectivity index (χ1) is 8.86. The van der Waals surface area contributed by atoms with Crippen molar-refractivity contribution in [3.63, 3.8) is 0 Å². The molecule has 1 aliphatic heterocycles. The molecule has 1 saturated heterocycles. The summed E-state index contributed by atoms with van der Waals surface area (Å²) in [4.78, 5) is 11.3. The Hall–Kier alpha value is -0.660. The lowest BCUT2D eigenvalue weighted by atomic mass is 9.86. The van der Waals surface area contributed by atoms with Gasteiger partial charge in [0.25, 0.3) is 0 Å². The Morgan fingerprint density at radius 3 is 2.53 bits per heavy atom. The second-order valence-corrected chi connectivity index (χ2v) is 7.71. The first-order valence-corrected chi connectivity index (χ1v) is 8.23. The third kappa shape index (κ3) is 2.93. The molecule has 0 aromatic heterocycles. The summed E-state index contributed by atoms with van der Waals surface area (Å²) in [6.07, 6.45) is 4.23.